The van der Waals surface area contributed by atoms with Gasteiger partial charge in [-0.2, -0.15) is 10.4 Å². The molecule has 1 saturated heterocycles. The van der Waals surface area contributed by atoms with E-state index >= 15 is 0 Å². The topological polar surface area (TPSA) is 77.2 Å². The highest BCUT2D eigenvalue weighted by Gasteiger charge is 2.45. The van der Waals surface area contributed by atoms with Crippen LogP contribution < -0.4 is 5.32 Å². The van der Waals surface area contributed by atoms with Gasteiger partial charge >= 0.3 is 0 Å². The maximum atomic E-state index is 13.4. The Hall–Kier alpha value is -2.85. The minimum atomic E-state index is -0.0752. The van der Waals surface area contributed by atoms with E-state index in [1.807, 2.05) is 49.3 Å². The number of nitriles is 1. The molecule has 1 amide bonds. The Morgan fingerprint density at radius 2 is 1.85 bits per heavy atom. The van der Waals surface area contributed by atoms with Gasteiger partial charge in [0.1, 0.15) is 5.69 Å². The Kier molecular flexibility index (Phi) is 6.99. The van der Waals surface area contributed by atoms with E-state index < -0.39 is 0 Å². The van der Waals surface area contributed by atoms with E-state index in [1.165, 1.54) is 12.8 Å². The third kappa shape index (κ3) is 5.12. The van der Waals surface area contributed by atoms with Gasteiger partial charge in [0.15, 0.2) is 0 Å². The minimum Gasteiger partial charge on any atom is -0.385 e. The van der Waals surface area contributed by atoms with E-state index in [2.05, 4.69) is 42.2 Å². The molecule has 1 aliphatic heterocycles. The monoisotopic (exact) mass is 462 g/mol. The fraction of sp³-hybridized carbons (Fsp3) is 0.593. The summed E-state index contributed by atoms with van der Waals surface area (Å²) in [6.45, 7) is 10.5. The van der Waals surface area contributed by atoms with Crippen molar-refractivity contribution in [2.75, 3.05) is 38.5 Å². The van der Waals surface area contributed by atoms with Gasteiger partial charge in [0.25, 0.3) is 5.91 Å². The van der Waals surface area contributed by atoms with Crippen molar-refractivity contribution in [1.82, 2.24) is 19.6 Å². The number of benzene rings is 1. The molecule has 0 spiro atoms. The molecular weight excluding hydrogens is 424 g/mol. The average molecular weight is 463 g/mol. The number of likely N-dealkylation sites (tertiary alicyclic amines) is 1. The summed E-state index contributed by atoms with van der Waals surface area (Å²) in [5.41, 5.74) is 3.31. The lowest BCUT2D eigenvalue weighted by Gasteiger charge is -2.42. The van der Waals surface area contributed by atoms with Crippen LogP contribution in [0.25, 0.3) is 0 Å². The fourth-order valence-electron chi connectivity index (χ4n) is 5.65. The predicted molar refractivity (Wildman–Crippen MR) is 135 cm³/mol. The molecule has 7 heteroatoms. The molecule has 2 aliphatic rings. The van der Waals surface area contributed by atoms with E-state index in [9.17, 15) is 4.79 Å². The number of aryl methyl sites for hydroxylation is 1. The summed E-state index contributed by atoms with van der Waals surface area (Å²) in [5.74, 6) is 1.16. The van der Waals surface area contributed by atoms with Crippen LogP contribution in [0.15, 0.2) is 30.3 Å². The minimum absolute atomic E-state index is 0.0752. The Labute approximate surface area is 203 Å². The first kappa shape index (κ1) is 24.3. The Morgan fingerprint density at radius 1 is 1.21 bits per heavy atom. The molecule has 2 unspecified atom stereocenters. The summed E-state index contributed by atoms with van der Waals surface area (Å²) in [6.07, 6.45) is 3.47. The van der Waals surface area contributed by atoms with E-state index in [1.54, 1.807) is 4.68 Å². The first-order valence-corrected chi connectivity index (χ1v) is 12.5. The first-order chi connectivity index (χ1) is 16.2. The van der Waals surface area contributed by atoms with E-state index in [-0.39, 0.29) is 11.3 Å². The zero-order valence-electron chi connectivity index (χ0n) is 21.2. The van der Waals surface area contributed by atoms with Gasteiger partial charge in [-0.15, -0.1) is 0 Å². The van der Waals surface area contributed by atoms with Gasteiger partial charge in [-0.05, 0) is 68.0 Å². The van der Waals surface area contributed by atoms with Crippen LogP contribution in [0.4, 0.5) is 5.69 Å². The third-order valence-electron chi connectivity index (χ3n) is 7.49. The number of carbonyl (C=O) groups is 1. The summed E-state index contributed by atoms with van der Waals surface area (Å²) in [5, 5.41) is 17.0. The Balaban J connectivity index is 1.30. The Morgan fingerprint density at radius 3 is 2.41 bits per heavy atom. The lowest BCUT2D eigenvalue weighted by Crippen LogP contribution is -2.53. The number of hydrogen-bond donors (Lipinski definition) is 1. The number of nitrogens with zero attached hydrogens (tertiary/aromatic N) is 5. The lowest BCUT2D eigenvalue weighted by molar-refractivity contribution is 0.0425. The number of fused-ring (bicyclic) bond motifs is 2. The number of hydrogen-bond acceptors (Lipinski definition) is 5. The SMILES string of the molecule is CN(C(=O)c1cc(C(C)(C)C)nn1C)C1C2CCC1CN(CCCNc1ccc(C#N)cc1)C2. The summed E-state index contributed by atoms with van der Waals surface area (Å²) < 4.78 is 1.75. The van der Waals surface area contributed by atoms with Crippen molar-refractivity contribution >= 4 is 11.6 Å². The van der Waals surface area contributed by atoms with Crippen molar-refractivity contribution in [1.29, 1.82) is 5.26 Å². The second-order valence-electron chi connectivity index (χ2n) is 11.0. The van der Waals surface area contributed by atoms with Crippen LogP contribution in [0.5, 0.6) is 0 Å². The van der Waals surface area contributed by atoms with Crippen molar-refractivity contribution in [2.45, 2.75) is 51.5 Å². The van der Waals surface area contributed by atoms with Crippen LogP contribution in [0.1, 0.15) is 61.8 Å². The molecule has 2 aromatic rings. The van der Waals surface area contributed by atoms with Gasteiger partial charge in [0.05, 0.1) is 17.3 Å². The van der Waals surface area contributed by atoms with Gasteiger partial charge in [0, 0.05) is 50.9 Å². The fourth-order valence-corrected chi connectivity index (χ4v) is 5.65. The number of anilines is 1. The molecule has 1 aromatic heterocycles. The summed E-state index contributed by atoms with van der Waals surface area (Å²) in [4.78, 5) is 18.0. The molecule has 1 aromatic carbocycles. The molecular formula is C27H38N6O. The van der Waals surface area contributed by atoms with Crippen LogP contribution in [-0.4, -0.2) is 64.8 Å². The summed E-state index contributed by atoms with van der Waals surface area (Å²) >= 11 is 0. The molecule has 34 heavy (non-hydrogen) atoms. The number of aromatic nitrogens is 2. The van der Waals surface area contributed by atoms with Gasteiger partial charge < -0.3 is 15.1 Å². The smallest absolute Gasteiger partial charge is 0.272 e. The highest BCUT2D eigenvalue weighted by atomic mass is 16.2. The highest BCUT2D eigenvalue weighted by Crippen LogP contribution is 2.40. The maximum absolute atomic E-state index is 13.4. The second-order valence-corrected chi connectivity index (χ2v) is 11.0. The normalized spacial score (nSPS) is 22.4. The molecule has 182 valence electrons. The number of carbonyl (C=O) groups excluding carboxylic acids is 1. The van der Waals surface area contributed by atoms with Crippen molar-refractivity contribution in [3.63, 3.8) is 0 Å². The largest absolute Gasteiger partial charge is 0.385 e. The standard InChI is InChI=1S/C27H38N6O/c1-27(2,3)24-15-23(32(5)30-24)26(34)31(4)25-20-9-10-21(25)18-33(17-20)14-6-13-29-22-11-7-19(16-28)8-12-22/h7-8,11-12,15,20-21,25,29H,6,9-10,13-14,17-18H2,1-5H3. The van der Waals surface area contributed by atoms with Gasteiger partial charge in [-0.3, -0.25) is 9.48 Å². The van der Waals surface area contributed by atoms with E-state index in [0.717, 1.165) is 44.0 Å². The number of nitrogens with one attached hydrogen (secondary N) is 1. The van der Waals surface area contributed by atoms with E-state index in [0.29, 0.717) is 29.1 Å². The van der Waals surface area contributed by atoms with E-state index in [4.69, 9.17) is 5.26 Å². The van der Waals surface area contributed by atoms with Crippen molar-refractivity contribution < 1.29 is 4.79 Å². The zero-order valence-corrected chi connectivity index (χ0v) is 21.2. The second kappa shape index (κ2) is 9.79. The molecule has 2 bridgehead atoms. The average Bonchev–Trinajstić information content (AvgIpc) is 3.33. The number of piperidine rings is 1. The third-order valence-corrected chi connectivity index (χ3v) is 7.49. The van der Waals surface area contributed by atoms with Crippen molar-refractivity contribution in [2.24, 2.45) is 18.9 Å². The summed E-state index contributed by atoms with van der Waals surface area (Å²) in [6, 6.07) is 12.0. The predicted octanol–water partition coefficient (Wildman–Crippen LogP) is 3.87. The van der Waals surface area contributed by atoms with Crippen LogP contribution in [-0.2, 0) is 12.5 Å². The molecule has 2 atom stereocenters. The molecule has 2 heterocycles. The van der Waals surface area contributed by atoms with Crippen LogP contribution in [0.3, 0.4) is 0 Å². The molecule has 2 fully saturated rings. The van der Waals surface area contributed by atoms with Gasteiger partial charge in [-0.1, -0.05) is 20.8 Å². The molecule has 1 aliphatic carbocycles. The maximum Gasteiger partial charge on any atom is 0.272 e. The molecule has 7 nitrogen and oxygen atoms in total. The Bertz CT molecular complexity index is 1030. The molecule has 1 saturated carbocycles. The zero-order chi connectivity index (χ0) is 24.5. The highest BCUT2D eigenvalue weighted by molar-refractivity contribution is 5.93. The lowest BCUT2D eigenvalue weighted by atomic mass is 9.90. The summed E-state index contributed by atoms with van der Waals surface area (Å²) in [7, 11) is 3.86. The van der Waals surface area contributed by atoms with Crippen LogP contribution >= 0.6 is 0 Å². The molecule has 1 N–H and O–H groups in total. The van der Waals surface area contributed by atoms with Crippen molar-refractivity contribution in [3.05, 3.63) is 47.3 Å². The first-order valence-electron chi connectivity index (χ1n) is 12.5. The van der Waals surface area contributed by atoms with Crippen molar-refractivity contribution in [3.8, 4) is 6.07 Å². The molecule has 4 rings (SSSR count). The van der Waals surface area contributed by atoms with Gasteiger partial charge in [0.2, 0.25) is 0 Å². The molecule has 0 radical (unpaired) electrons. The van der Waals surface area contributed by atoms with Crippen LogP contribution in [0.2, 0.25) is 0 Å². The van der Waals surface area contributed by atoms with Crippen LogP contribution in [0, 0.1) is 23.2 Å². The van der Waals surface area contributed by atoms with Gasteiger partial charge in [-0.25, -0.2) is 0 Å². The number of rotatable bonds is 7. The quantitative estimate of drug-likeness (QED) is 0.632. The number of amides is 1.